The van der Waals surface area contributed by atoms with Gasteiger partial charge < -0.3 is 9.84 Å². The molecule has 1 fully saturated rings. The second-order valence-corrected chi connectivity index (χ2v) is 6.21. The summed E-state index contributed by atoms with van der Waals surface area (Å²) in [7, 11) is 0. The molecule has 3 heteroatoms. The molecule has 0 aromatic rings. The molecule has 0 aliphatic carbocycles. The Morgan fingerprint density at radius 2 is 1.57 bits per heavy atom. The third-order valence-corrected chi connectivity index (χ3v) is 4.10. The van der Waals surface area contributed by atoms with Crippen molar-refractivity contribution in [3.63, 3.8) is 0 Å². The third-order valence-electron chi connectivity index (χ3n) is 4.10. The largest absolute Gasteiger partial charge is 0.478 e. The summed E-state index contributed by atoms with van der Waals surface area (Å²) in [5.41, 5.74) is 0. The maximum absolute atomic E-state index is 10.2. The third kappa shape index (κ3) is 11.8. The Hall–Kier alpha value is -1.35. The van der Waals surface area contributed by atoms with E-state index >= 15 is 0 Å². The Balaban J connectivity index is 1.89. The van der Waals surface area contributed by atoms with Gasteiger partial charge >= 0.3 is 5.97 Å². The van der Waals surface area contributed by atoms with E-state index in [-0.39, 0.29) is 0 Å². The first-order chi connectivity index (χ1) is 11.2. The Morgan fingerprint density at radius 1 is 0.913 bits per heavy atom. The molecule has 3 nitrogen and oxygen atoms in total. The van der Waals surface area contributed by atoms with Gasteiger partial charge in [-0.3, -0.25) is 0 Å². The average molecular weight is 320 g/mol. The van der Waals surface area contributed by atoms with E-state index < -0.39 is 5.97 Å². The smallest absolute Gasteiger partial charge is 0.328 e. The van der Waals surface area contributed by atoms with E-state index in [1.54, 1.807) is 6.08 Å². The summed E-state index contributed by atoms with van der Waals surface area (Å²) in [6, 6.07) is 0. The molecule has 2 unspecified atom stereocenters. The fourth-order valence-electron chi connectivity index (χ4n) is 2.69. The first kappa shape index (κ1) is 19.7. The number of unbranched alkanes of at least 4 members (excludes halogenated alkanes) is 6. The molecule has 0 bridgehead atoms. The lowest BCUT2D eigenvalue weighted by atomic mass is 10.1. The molecule has 0 aromatic carbocycles. The van der Waals surface area contributed by atoms with E-state index in [2.05, 4.69) is 13.0 Å². The van der Waals surface area contributed by atoms with Crippen LogP contribution in [0.5, 0.6) is 0 Å². The lowest BCUT2D eigenvalue weighted by molar-refractivity contribution is -0.131. The summed E-state index contributed by atoms with van der Waals surface area (Å²) >= 11 is 0. The Kier molecular flexibility index (Phi) is 11.2. The van der Waals surface area contributed by atoms with Gasteiger partial charge in [0.2, 0.25) is 0 Å². The number of carbonyl (C=O) groups is 1. The van der Waals surface area contributed by atoms with Gasteiger partial charge in [-0.2, -0.15) is 0 Å². The second kappa shape index (κ2) is 13.1. The molecule has 1 N–H and O–H groups in total. The van der Waals surface area contributed by atoms with E-state index in [0.29, 0.717) is 12.2 Å². The molecule has 0 amide bonds. The summed E-state index contributed by atoms with van der Waals surface area (Å²) in [6.45, 7) is 2.25. The molecular formula is C20H32O3. The van der Waals surface area contributed by atoms with Crippen molar-refractivity contribution in [2.24, 2.45) is 0 Å². The van der Waals surface area contributed by atoms with Gasteiger partial charge in [-0.15, -0.1) is 0 Å². The molecular weight excluding hydrogens is 288 g/mol. The predicted octanol–water partition coefficient (Wildman–Crippen LogP) is 5.43. The molecule has 1 rings (SSSR count). The summed E-state index contributed by atoms with van der Waals surface area (Å²) in [5, 5.41) is 8.42. The van der Waals surface area contributed by atoms with Crippen LogP contribution in [0.4, 0.5) is 0 Å². The van der Waals surface area contributed by atoms with E-state index in [0.717, 1.165) is 25.3 Å². The van der Waals surface area contributed by atoms with Gasteiger partial charge in [-0.05, 0) is 25.7 Å². The van der Waals surface area contributed by atoms with Crippen molar-refractivity contribution in [1.29, 1.82) is 0 Å². The van der Waals surface area contributed by atoms with Gasteiger partial charge in [0.25, 0.3) is 0 Å². The molecule has 1 saturated heterocycles. The Bertz CT molecular complexity index is 396. The number of allylic oxidation sites excluding steroid dienone is 5. The zero-order valence-electron chi connectivity index (χ0n) is 14.5. The minimum Gasteiger partial charge on any atom is -0.478 e. The number of carboxylic acid groups (broad SMARTS) is 1. The number of rotatable bonds is 14. The highest BCUT2D eigenvalue weighted by Crippen LogP contribution is 2.31. The Labute approximate surface area is 141 Å². The van der Waals surface area contributed by atoms with Crippen LogP contribution < -0.4 is 0 Å². The van der Waals surface area contributed by atoms with Gasteiger partial charge in [0.15, 0.2) is 0 Å². The highest BCUT2D eigenvalue weighted by molar-refractivity contribution is 5.80. The molecule has 1 aliphatic heterocycles. The van der Waals surface area contributed by atoms with E-state index in [4.69, 9.17) is 9.84 Å². The lowest BCUT2D eigenvalue weighted by Gasteiger charge is -1.98. The quantitative estimate of drug-likeness (QED) is 0.201. The molecule has 1 heterocycles. The fourth-order valence-corrected chi connectivity index (χ4v) is 2.69. The topological polar surface area (TPSA) is 49.8 Å². The van der Waals surface area contributed by atoms with Crippen LogP contribution in [0.1, 0.15) is 71.1 Å². The van der Waals surface area contributed by atoms with E-state index in [9.17, 15) is 4.79 Å². The van der Waals surface area contributed by atoms with Gasteiger partial charge in [0.1, 0.15) is 0 Å². The van der Waals surface area contributed by atoms with Crippen molar-refractivity contribution in [2.45, 2.75) is 83.3 Å². The molecule has 2 atom stereocenters. The zero-order chi connectivity index (χ0) is 16.8. The van der Waals surface area contributed by atoms with Crippen molar-refractivity contribution in [3.05, 3.63) is 36.5 Å². The molecule has 0 radical (unpaired) electrons. The number of ether oxygens (including phenoxy) is 1. The average Bonchev–Trinajstić information content (AvgIpc) is 3.27. The number of hydrogen-bond acceptors (Lipinski definition) is 2. The van der Waals surface area contributed by atoms with Crippen molar-refractivity contribution in [2.75, 3.05) is 0 Å². The minimum atomic E-state index is -0.918. The van der Waals surface area contributed by atoms with Gasteiger partial charge in [0, 0.05) is 6.08 Å². The van der Waals surface area contributed by atoms with Gasteiger partial charge in [0.05, 0.1) is 12.2 Å². The van der Waals surface area contributed by atoms with Crippen LogP contribution in [-0.4, -0.2) is 23.3 Å². The normalized spacial score (nSPS) is 20.9. The Morgan fingerprint density at radius 3 is 2.30 bits per heavy atom. The van der Waals surface area contributed by atoms with Crippen LogP contribution in [0.3, 0.4) is 0 Å². The number of aliphatic carboxylic acids is 1. The second-order valence-electron chi connectivity index (χ2n) is 6.21. The first-order valence-electron chi connectivity index (χ1n) is 9.12. The predicted molar refractivity (Wildman–Crippen MR) is 95.6 cm³/mol. The molecule has 0 aromatic heterocycles. The summed E-state index contributed by atoms with van der Waals surface area (Å²) in [5.74, 6) is -0.918. The lowest BCUT2D eigenvalue weighted by Crippen LogP contribution is -1.94. The maximum atomic E-state index is 10.2. The van der Waals surface area contributed by atoms with Crippen molar-refractivity contribution < 1.29 is 14.6 Å². The van der Waals surface area contributed by atoms with E-state index in [1.807, 2.05) is 12.2 Å². The molecule has 23 heavy (non-hydrogen) atoms. The molecule has 1 aliphatic rings. The fraction of sp³-hybridized carbons (Fsp3) is 0.650. The van der Waals surface area contributed by atoms with Crippen LogP contribution in [0.15, 0.2) is 36.5 Å². The highest BCUT2D eigenvalue weighted by atomic mass is 16.6. The maximum Gasteiger partial charge on any atom is 0.328 e. The SMILES string of the molecule is CCCCCCCCC1OC1CCC/C=C/C=C/C=C/C(=O)O. The summed E-state index contributed by atoms with van der Waals surface area (Å²) < 4.78 is 5.72. The van der Waals surface area contributed by atoms with Crippen LogP contribution in [-0.2, 0) is 9.53 Å². The summed E-state index contributed by atoms with van der Waals surface area (Å²) in [6.07, 6.45) is 24.1. The zero-order valence-corrected chi connectivity index (χ0v) is 14.5. The van der Waals surface area contributed by atoms with Crippen LogP contribution >= 0.6 is 0 Å². The monoisotopic (exact) mass is 320 g/mol. The summed E-state index contributed by atoms with van der Waals surface area (Å²) in [4.78, 5) is 10.2. The van der Waals surface area contributed by atoms with Crippen molar-refractivity contribution in [3.8, 4) is 0 Å². The van der Waals surface area contributed by atoms with Gasteiger partial charge in [-0.25, -0.2) is 4.79 Å². The minimum absolute atomic E-state index is 0.507. The van der Waals surface area contributed by atoms with Crippen LogP contribution in [0.2, 0.25) is 0 Å². The van der Waals surface area contributed by atoms with Gasteiger partial charge in [-0.1, -0.05) is 75.8 Å². The van der Waals surface area contributed by atoms with Crippen LogP contribution in [0.25, 0.3) is 0 Å². The van der Waals surface area contributed by atoms with Crippen molar-refractivity contribution in [1.82, 2.24) is 0 Å². The van der Waals surface area contributed by atoms with Crippen LogP contribution in [0, 0.1) is 0 Å². The molecule has 0 saturated carbocycles. The van der Waals surface area contributed by atoms with Crippen molar-refractivity contribution >= 4 is 5.97 Å². The molecule has 130 valence electrons. The first-order valence-corrected chi connectivity index (χ1v) is 9.12. The number of hydrogen-bond donors (Lipinski definition) is 1. The number of carboxylic acids is 1. The standard InChI is InChI=1S/C20H32O3/c1-2-3-4-5-9-12-15-18-19(23-18)16-13-10-7-6-8-11-14-17-20(21)22/h6-8,11,14,17-19H,2-5,9-10,12-13,15-16H2,1H3,(H,21,22)/b7-6+,11-8+,17-14+. The molecule has 0 spiro atoms. The van der Waals surface area contributed by atoms with E-state index in [1.165, 1.54) is 51.0 Å². The number of epoxide rings is 1. The highest BCUT2D eigenvalue weighted by Gasteiger charge is 2.36.